The molecule has 0 saturated heterocycles. The molecule has 0 atom stereocenters. The molecule has 1 aromatic heterocycles. The van der Waals surface area contributed by atoms with Gasteiger partial charge >= 0.3 is 0 Å². The Morgan fingerprint density at radius 2 is 2.05 bits per heavy atom. The maximum atomic E-state index is 5.36. The minimum atomic E-state index is 0.281. The number of hydrogen-bond donors (Lipinski definition) is 2. The summed E-state index contributed by atoms with van der Waals surface area (Å²) in [6, 6.07) is 5.83. The van der Waals surface area contributed by atoms with Gasteiger partial charge in [-0.3, -0.25) is 0 Å². The number of nitrogens with one attached hydrogen (secondary N) is 2. The van der Waals surface area contributed by atoms with Gasteiger partial charge in [-0.2, -0.15) is 10.1 Å². The summed E-state index contributed by atoms with van der Waals surface area (Å²) >= 11 is 0. The van der Waals surface area contributed by atoms with E-state index in [0.717, 1.165) is 29.4 Å². The van der Waals surface area contributed by atoms with Crippen LogP contribution in [0.15, 0.2) is 24.4 Å². The van der Waals surface area contributed by atoms with Crippen molar-refractivity contribution in [1.29, 1.82) is 0 Å². The van der Waals surface area contributed by atoms with Gasteiger partial charge in [-0.15, -0.1) is 5.10 Å². The number of ether oxygens (including phenoxy) is 2. The zero-order valence-corrected chi connectivity index (χ0v) is 12.7. The smallest absolute Gasteiger partial charge is 0.244 e. The van der Waals surface area contributed by atoms with E-state index in [2.05, 4.69) is 39.7 Å². The third kappa shape index (κ3) is 3.55. The minimum absolute atomic E-state index is 0.281. The van der Waals surface area contributed by atoms with E-state index in [1.165, 1.54) is 0 Å². The molecule has 2 aromatic rings. The first-order valence-electron chi connectivity index (χ1n) is 7.26. The SMILES string of the molecule is CC(C)CNc1cnnc(NCc2ccc3c(c2)OCO3)n1. The monoisotopic (exact) mass is 301 g/mol. The Bertz CT molecular complexity index is 648. The highest BCUT2D eigenvalue weighted by Gasteiger charge is 2.13. The van der Waals surface area contributed by atoms with Crippen molar-refractivity contribution in [2.75, 3.05) is 24.0 Å². The maximum Gasteiger partial charge on any atom is 0.244 e. The average Bonchev–Trinajstić information content (AvgIpc) is 2.99. The fraction of sp³-hybridized carbons (Fsp3) is 0.400. The fourth-order valence-corrected chi connectivity index (χ4v) is 2.00. The molecule has 22 heavy (non-hydrogen) atoms. The van der Waals surface area contributed by atoms with Crippen LogP contribution < -0.4 is 20.1 Å². The third-order valence-electron chi connectivity index (χ3n) is 3.14. The number of rotatable bonds is 6. The van der Waals surface area contributed by atoms with Gasteiger partial charge in [0.15, 0.2) is 17.3 Å². The van der Waals surface area contributed by atoms with Crippen molar-refractivity contribution in [2.45, 2.75) is 20.4 Å². The molecule has 0 saturated carbocycles. The Morgan fingerprint density at radius 1 is 1.18 bits per heavy atom. The van der Waals surface area contributed by atoms with Gasteiger partial charge in [0.1, 0.15) is 0 Å². The molecule has 1 aromatic carbocycles. The van der Waals surface area contributed by atoms with Crippen LogP contribution >= 0.6 is 0 Å². The molecule has 116 valence electrons. The molecule has 0 bridgehead atoms. The summed E-state index contributed by atoms with van der Waals surface area (Å²) in [5.74, 6) is 3.30. The molecular formula is C15H19N5O2. The van der Waals surface area contributed by atoms with Crippen molar-refractivity contribution in [3.05, 3.63) is 30.0 Å². The van der Waals surface area contributed by atoms with E-state index in [9.17, 15) is 0 Å². The van der Waals surface area contributed by atoms with Gasteiger partial charge in [0, 0.05) is 13.1 Å². The van der Waals surface area contributed by atoms with E-state index >= 15 is 0 Å². The first kappa shape index (κ1) is 14.4. The number of benzene rings is 1. The first-order chi connectivity index (χ1) is 10.7. The Kier molecular flexibility index (Phi) is 4.22. The van der Waals surface area contributed by atoms with Crippen molar-refractivity contribution in [1.82, 2.24) is 15.2 Å². The van der Waals surface area contributed by atoms with Crippen LogP contribution in [0.2, 0.25) is 0 Å². The molecule has 2 N–H and O–H groups in total. The van der Waals surface area contributed by atoms with Gasteiger partial charge in [0.25, 0.3) is 0 Å². The van der Waals surface area contributed by atoms with Crippen molar-refractivity contribution < 1.29 is 9.47 Å². The van der Waals surface area contributed by atoms with Crippen molar-refractivity contribution in [3.63, 3.8) is 0 Å². The predicted molar refractivity (Wildman–Crippen MR) is 83.0 cm³/mol. The van der Waals surface area contributed by atoms with Gasteiger partial charge in [-0.05, 0) is 23.6 Å². The quantitative estimate of drug-likeness (QED) is 0.847. The van der Waals surface area contributed by atoms with Crippen LogP contribution in [0, 0.1) is 5.92 Å². The van der Waals surface area contributed by atoms with E-state index < -0.39 is 0 Å². The lowest BCUT2D eigenvalue weighted by molar-refractivity contribution is 0.174. The van der Waals surface area contributed by atoms with Gasteiger partial charge in [0.05, 0.1) is 6.20 Å². The summed E-state index contributed by atoms with van der Waals surface area (Å²) in [5.41, 5.74) is 1.06. The second-order valence-electron chi connectivity index (χ2n) is 5.48. The summed E-state index contributed by atoms with van der Waals surface area (Å²) in [6.07, 6.45) is 1.62. The number of anilines is 2. The number of aromatic nitrogens is 3. The second kappa shape index (κ2) is 6.46. The molecule has 1 aliphatic rings. The summed E-state index contributed by atoms with van der Waals surface area (Å²) in [4.78, 5) is 4.38. The summed E-state index contributed by atoms with van der Waals surface area (Å²) in [6.45, 7) is 6.00. The van der Waals surface area contributed by atoms with Crippen LogP contribution in [0.4, 0.5) is 11.8 Å². The summed E-state index contributed by atoms with van der Waals surface area (Å²) < 4.78 is 10.7. The summed E-state index contributed by atoms with van der Waals surface area (Å²) in [7, 11) is 0. The minimum Gasteiger partial charge on any atom is -0.454 e. The molecule has 0 radical (unpaired) electrons. The second-order valence-corrected chi connectivity index (χ2v) is 5.48. The molecule has 0 fully saturated rings. The lowest BCUT2D eigenvalue weighted by Crippen LogP contribution is -2.11. The van der Waals surface area contributed by atoms with E-state index in [-0.39, 0.29) is 6.79 Å². The van der Waals surface area contributed by atoms with E-state index in [1.54, 1.807) is 6.20 Å². The third-order valence-corrected chi connectivity index (χ3v) is 3.14. The normalized spacial score (nSPS) is 12.5. The molecule has 0 amide bonds. The molecule has 3 rings (SSSR count). The highest BCUT2D eigenvalue weighted by atomic mass is 16.7. The van der Waals surface area contributed by atoms with Crippen LogP contribution in [0.3, 0.4) is 0 Å². The number of fused-ring (bicyclic) bond motifs is 1. The lowest BCUT2D eigenvalue weighted by Gasteiger charge is -2.09. The lowest BCUT2D eigenvalue weighted by atomic mass is 10.2. The van der Waals surface area contributed by atoms with Gasteiger partial charge in [-0.25, -0.2) is 0 Å². The molecule has 0 aliphatic carbocycles. The van der Waals surface area contributed by atoms with Crippen molar-refractivity contribution >= 4 is 11.8 Å². The Balaban J connectivity index is 1.60. The van der Waals surface area contributed by atoms with Gasteiger partial charge < -0.3 is 20.1 Å². The maximum absolute atomic E-state index is 5.36. The highest BCUT2D eigenvalue weighted by molar-refractivity contribution is 5.45. The molecule has 2 heterocycles. The van der Waals surface area contributed by atoms with Crippen LogP contribution in [0.1, 0.15) is 19.4 Å². The van der Waals surface area contributed by atoms with Gasteiger partial charge in [0.2, 0.25) is 12.7 Å². The van der Waals surface area contributed by atoms with Crippen LogP contribution in [-0.2, 0) is 6.54 Å². The topological polar surface area (TPSA) is 81.2 Å². The molecular weight excluding hydrogens is 282 g/mol. The van der Waals surface area contributed by atoms with Crippen LogP contribution in [0.25, 0.3) is 0 Å². The highest BCUT2D eigenvalue weighted by Crippen LogP contribution is 2.32. The van der Waals surface area contributed by atoms with E-state index in [0.29, 0.717) is 18.4 Å². The zero-order valence-electron chi connectivity index (χ0n) is 12.7. The Labute approximate surface area is 129 Å². The number of nitrogens with zero attached hydrogens (tertiary/aromatic N) is 3. The standard InChI is InChI=1S/C15H19N5O2/c1-10(2)6-16-14-8-18-20-15(19-14)17-7-11-3-4-12-13(5-11)22-9-21-12/h3-5,8,10H,6-7,9H2,1-2H3,(H2,16,17,19,20). The van der Waals surface area contributed by atoms with E-state index in [1.807, 2.05) is 18.2 Å². The number of hydrogen-bond acceptors (Lipinski definition) is 7. The van der Waals surface area contributed by atoms with E-state index in [4.69, 9.17) is 9.47 Å². The average molecular weight is 301 g/mol. The van der Waals surface area contributed by atoms with Crippen LogP contribution in [-0.4, -0.2) is 28.5 Å². The van der Waals surface area contributed by atoms with Gasteiger partial charge in [-0.1, -0.05) is 19.9 Å². The Hall–Kier alpha value is -2.57. The predicted octanol–water partition coefficient (Wildman–Crippen LogP) is 2.28. The first-order valence-corrected chi connectivity index (χ1v) is 7.26. The Morgan fingerprint density at radius 3 is 2.91 bits per heavy atom. The molecule has 0 unspecified atom stereocenters. The molecule has 7 heteroatoms. The molecule has 1 aliphatic heterocycles. The zero-order chi connectivity index (χ0) is 15.4. The van der Waals surface area contributed by atoms with Crippen molar-refractivity contribution in [2.24, 2.45) is 5.92 Å². The largest absolute Gasteiger partial charge is 0.454 e. The molecule has 0 spiro atoms. The van der Waals surface area contributed by atoms with Crippen molar-refractivity contribution in [3.8, 4) is 11.5 Å². The molecule has 7 nitrogen and oxygen atoms in total. The summed E-state index contributed by atoms with van der Waals surface area (Å²) in [5, 5.41) is 14.3. The van der Waals surface area contributed by atoms with Crippen LogP contribution in [0.5, 0.6) is 11.5 Å². The fourth-order valence-electron chi connectivity index (χ4n) is 2.00.